The van der Waals surface area contributed by atoms with E-state index >= 15 is 0 Å². The van der Waals surface area contributed by atoms with Crippen molar-refractivity contribution >= 4 is 21.8 Å². The summed E-state index contributed by atoms with van der Waals surface area (Å²) in [6.45, 7) is 3.02. The molecule has 1 atom stereocenters. The van der Waals surface area contributed by atoms with E-state index in [2.05, 4.69) is 40.3 Å². The number of alkyl halides is 1. The highest BCUT2D eigenvalue weighted by molar-refractivity contribution is 9.09. The summed E-state index contributed by atoms with van der Waals surface area (Å²) in [7, 11) is 0. The van der Waals surface area contributed by atoms with Gasteiger partial charge in [0.05, 0.1) is 5.41 Å². The van der Waals surface area contributed by atoms with Crippen LogP contribution in [0, 0.1) is 5.92 Å². The average Bonchev–Trinajstić information content (AvgIpc) is 3.27. The van der Waals surface area contributed by atoms with E-state index < -0.39 is 0 Å². The first-order chi connectivity index (χ1) is 9.73. The van der Waals surface area contributed by atoms with Gasteiger partial charge < -0.3 is 5.32 Å². The van der Waals surface area contributed by atoms with Crippen LogP contribution >= 0.6 is 15.9 Å². The zero-order valence-electron chi connectivity index (χ0n) is 12.2. The number of halogens is 1. The molecular weight excluding hydrogens is 314 g/mol. The van der Waals surface area contributed by atoms with Gasteiger partial charge in [-0.05, 0) is 37.2 Å². The van der Waals surface area contributed by atoms with Gasteiger partial charge in [-0.2, -0.15) is 0 Å². The average molecular weight is 338 g/mol. The van der Waals surface area contributed by atoms with Crippen LogP contribution in [0.3, 0.4) is 0 Å². The highest BCUT2D eigenvalue weighted by Crippen LogP contribution is 2.48. The van der Waals surface area contributed by atoms with Crippen molar-refractivity contribution in [3.05, 3.63) is 35.9 Å². The maximum absolute atomic E-state index is 12.5. The molecule has 1 aromatic rings. The van der Waals surface area contributed by atoms with E-state index in [1.807, 2.05) is 18.2 Å². The highest BCUT2D eigenvalue weighted by atomic mass is 79.9. The monoisotopic (exact) mass is 337 g/mol. The highest BCUT2D eigenvalue weighted by Gasteiger charge is 2.50. The van der Waals surface area contributed by atoms with E-state index in [4.69, 9.17) is 0 Å². The first-order valence-corrected chi connectivity index (χ1v) is 8.75. The van der Waals surface area contributed by atoms with Crippen molar-refractivity contribution in [3.8, 4) is 0 Å². The smallest absolute Gasteiger partial charge is 0.230 e. The fourth-order valence-corrected chi connectivity index (χ4v) is 3.49. The maximum atomic E-state index is 12.5. The third-order valence-corrected chi connectivity index (χ3v) is 4.73. The fraction of sp³-hybridized carbons (Fsp3) is 0.588. The molecule has 0 aromatic heterocycles. The molecule has 110 valence electrons. The fourth-order valence-electron chi connectivity index (χ4n) is 2.85. The molecule has 0 saturated heterocycles. The van der Waals surface area contributed by atoms with E-state index in [0.29, 0.717) is 5.92 Å². The van der Waals surface area contributed by atoms with Crippen LogP contribution in [0.15, 0.2) is 30.3 Å². The second-order valence-electron chi connectivity index (χ2n) is 5.79. The molecule has 0 radical (unpaired) electrons. The number of nitrogens with one attached hydrogen (secondary N) is 1. The number of carbonyl (C=O) groups excluding carboxylic acids is 1. The quantitative estimate of drug-likeness (QED) is 0.712. The first kappa shape index (κ1) is 15.6. The lowest BCUT2D eigenvalue weighted by molar-refractivity contribution is -0.123. The summed E-state index contributed by atoms with van der Waals surface area (Å²) >= 11 is 3.50. The molecule has 2 nitrogen and oxygen atoms in total. The Hall–Kier alpha value is -0.830. The molecule has 0 spiro atoms. The third-order valence-electron chi connectivity index (χ3n) is 4.28. The van der Waals surface area contributed by atoms with Crippen molar-refractivity contribution in [3.63, 3.8) is 0 Å². The van der Waals surface area contributed by atoms with E-state index in [-0.39, 0.29) is 11.3 Å². The van der Waals surface area contributed by atoms with E-state index in [9.17, 15) is 4.79 Å². The minimum Gasteiger partial charge on any atom is -0.355 e. The minimum atomic E-state index is -0.230. The van der Waals surface area contributed by atoms with Gasteiger partial charge in [-0.3, -0.25) is 4.79 Å². The van der Waals surface area contributed by atoms with Gasteiger partial charge in [0.1, 0.15) is 0 Å². The van der Waals surface area contributed by atoms with Crippen LogP contribution in [0.5, 0.6) is 0 Å². The lowest BCUT2D eigenvalue weighted by Crippen LogP contribution is -2.37. The summed E-state index contributed by atoms with van der Waals surface area (Å²) in [4.78, 5) is 12.5. The van der Waals surface area contributed by atoms with Crippen LogP contribution in [0.1, 0.15) is 44.6 Å². The molecule has 1 N–H and O–H groups in total. The molecule has 1 unspecified atom stereocenters. The van der Waals surface area contributed by atoms with E-state index in [1.165, 1.54) is 18.4 Å². The second-order valence-corrected chi connectivity index (χ2v) is 6.58. The van der Waals surface area contributed by atoms with E-state index in [0.717, 1.165) is 31.1 Å². The lowest BCUT2D eigenvalue weighted by atomic mass is 9.94. The molecular formula is C17H24BrNO. The van der Waals surface area contributed by atoms with Crippen molar-refractivity contribution in [2.45, 2.75) is 44.4 Å². The number of hydrogen-bond donors (Lipinski definition) is 1. The Bertz CT molecular complexity index is 422. The molecule has 2 rings (SSSR count). The van der Waals surface area contributed by atoms with Crippen LogP contribution in [-0.4, -0.2) is 17.8 Å². The van der Waals surface area contributed by atoms with Crippen LogP contribution in [0.2, 0.25) is 0 Å². The lowest BCUT2D eigenvalue weighted by Gasteiger charge is -2.20. The van der Waals surface area contributed by atoms with Gasteiger partial charge >= 0.3 is 0 Å². The summed E-state index contributed by atoms with van der Waals surface area (Å²) in [6.07, 6.45) is 5.47. The van der Waals surface area contributed by atoms with Gasteiger partial charge in [0.25, 0.3) is 0 Å². The Morgan fingerprint density at radius 1 is 1.30 bits per heavy atom. The third kappa shape index (κ3) is 3.63. The van der Waals surface area contributed by atoms with Crippen molar-refractivity contribution < 1.29 is 4.79 Å². The molecule has 1 aliphatic rings. The van der Waals surface area contributed by atoms with Gasteiger partial charge in [-0.1, -0.05) is 59.6 Å². The largest absolute Gasteiger partial charge is 0.355 e. The number of rotatable bonds is 8. The van der Waals surface area contributed by atoms with Crippen LogP contribution in [-0.2, 0) is 10.2 Å². The predicted octanol–water partition coefficient (Wildman–Crippen LogP) is 4.04. The van der Waals surface area contributed by atoms with Crippen molar-refractivity contribution in [1.29, 1.82) is 0 Å². The van der Waals surface area contributed by atoms with Crippen molar-refractivity contribution in [2.24, 2.45) is 5.92 Å². The topological polar surface area (TPSA) is 29.1 Å². The summed E-state index contributed by atoms with van der Waals surface area (Å²) in [6, 6.07) is 10.2. The summed E-state index contributed by atoms with van der Waals surface area (Å²) < 4.78 is 0. The first-order valence-electron chi connectivity index (χ1n) is 7.62. The molecule has 1 aliphatic carbocycles. The Labute approximate surface area is 130 Å². The zero-order chi connectivity index (χ0) is 14.4. The van der Waals surface area contributed by atoms with Crippen LogP contribution < -0.4 is 5.32 Å². The molecule has 1 fully saturated rings. The Morgan fingerprint density at radius 2 is 2.00 bits per heavy atom. The molecule has 1 aromatic carbocycles. The summed E-state index contributed by atoms with van der Waals surface area (Å²) in [5.74, 6) is 0.814. The number of amides is 1. The summed E-state index contributed by atoms with van der Waals surface area (Å²) in [5.41, 5.74) is 0.942. The number of carbonyl (C=O) groups is 1. The molecule has 1 saturated carbocycles. The molecule has 20 heavy (non-hydrogen) atoms. The van der Waals surface area contributed by atoms with Crippen LogP contribution in [0.25, 0.3) is 0 Å². The number of hydrogen-bond acceptors (Lipinski definition) is 1. The molecule has 0 bridgehead atoms. The molecule has 0 aliphatic heterocycles. The van der Waals surface area contributed by atoms with Crippen molar-refractivity contribution in [2.75, 3.05) is 11.9 Å². The van der Waals surface area contributed by atoms with Gasteiger partial charge in [0, 0.05) is 11.9 Å². The molecule has 1 amide bonds. The second kappa shape index (κ2) is 7.26. The normalized spacial score (nSPS) is 17.5. The predicted molar refractivity (Wildman–Crippen MR) is 87.2 cm³/mol. The molecule has 0 heterocycles. The zero-order valence-corrected chi connectivity index (χ0v) is 13.8. The van der Waals surface area contributed by atoms with E-state index in [1.54, 1.807) is 0 Å². The Balaban J connectivity index is 1.92. The SMILES string of the molecule is CCCC(CCBr)CNC(=O)C1(c2ccccc2)CC1. The molecule has 3 heteroatoms. The van der Waals surface area contributed by atoms with Gasteiger partial charge in [-0.15, -0.1) is 0 Å². The van der Waals surface area contributed by atoms with Crippen molar-refractivity contribution in [1.82, 2.24) is 5.32 Å². The Kier molecular flexibility index (Phi) is 5.64. The van der Waals surface area contributed by atoms with Gasteiger partial charge in [0.15, 0.2) is 0 Å². The van der Waals surface area contributed by atoms with Gasteiger partial charge in [0.2, 0.25) is 5.91 Å². The van der Waals surface area contributed by atoms with Gasteiger partial charge in [-0.25, -0.2) is 0 Å². The maximum Gasteiger partial charge on any atom is 0.230 e. The Morgan fingerprint density at radius 3 is 2.55 bits per heavy atom. The minimum absolute atomic E-state index is 0.222. The standard InChI is InChI=1S/C17H24BrNO/c1-2-6-14(9-12-18)13-19-16(20)17(10-11-17)15-7-4-3-5-8-15/h3-5,7-8,14H,2,6,9-13H2,1H3,(H,19,20). The summed E-state index contributed by atoms with van der Waals surface area (Å²) in [5, 5.41) is 4.21. The van der Waals surface area contributed by atoms with Crippen LogP contribution in [0.4, 0.5) is 0 Å². The number of benzene rings is 1.